The Kier molecular flexibility index (Phi) is 7.21. The van der Waals surface area contributed by atoms with Crippen molar-refractivity contribution in [2.75, 3.05) is 34.5 Å². The summed E-state index contributed by atoms with van der Waals surface area (Å²) in [7, 11) is 3.84. The van der Waals surface area contributed by atoms with Crippen molar-refractivity contribution in [3.8, 4) is 0 Å². The molecule has 1 aliphatic heterocycles. The van der Waals surface area contributed by atoms with E-state index in [9.17, 15) is 14.4 Å². The predicted molar refractivity (Wildman–Crippen MR) is 83.4 cm³/mol. The first-order valence-electron chi connectivity index (χ1n) is 6.04. The number of esters is 3. The van der Waals surface area contributed by atoms with Gasteiger partial charge in [-0.15, -0.1) is 11.8 Å². The molecule has 0 saturated carbocycles. The van der Waals surface area contributed by atoms with E-state index < -0.39 is 22.7 Å². The van der Waals surface area contributed by atoms with Gasteiger partial charge in [-0.05, 0) is 6.42 Å². The van der Waals surface area contributed by atoms with Crippen LogP contribution in [0.4, 0.5) is 0 Å². The van der Waals surface area contributed by atoms with Crippen molar-refractivity contribution in [2.24, 2.45) is 0 Å². The molecule has 0 unspecified atom stereocenters. The van der Waals surface area contributed by atoms with E-state index in [0.717, 1.165) is 11.8 Å². The smallest absolute Gasteiger partial charge is 0.333 e. The Morgan fingerprint density at radius 1 is 1.19 bits per heavy atom. The zero-order chi connectivity index (χ0) is 16.0. The number of ether oxygens (including phenoxy) is 4. The molecular formula is C12H17IO7S. The van der Waals surface area contributed by atoms with Crippen LogP contribution in [0.2, 0.25) is 0 Å². The Hall–Kier alpha value is -0.550. The van der Waals surface area contributed by atoms with E-state index >= 15 is 0 Å². The third-order valence-electron chi connectivity index (χ3n) is 2.94. The number of carbonyl (C=O) groups is 3. The maximum Gasteiger partial charge on any atom is 0.333 e. The van der Waals surface area contributed by atoms with Crippen LogP contribution < -0.4 is 0 Å². The molecule has 1 rings (SSSR count). The van der Waals surface area contributed by atoms with Crippen molar-refractivity contribution >= 4 is 52.3 Å². The zero-order valence-corrected chi connectivity index (χ0v) is 14.9. The summed E-state index contributed by atoms with van der Waals surface area (Å²) in [5, 5.41) is -0.204. The van der Waals surface area contributed by atoms with Gasteiger partial charge in [0.2, 0.25) is 4.75 Å². The highest BCUT2D eigenvalue weighted by Crippen LogP contribution is 2.48. The van der Waals surface area contributed by atoms with Crippen molar-refractivity contribution < 1.29 is 33.3 Å². The number of thioether (sulfide) groups is 1. The Bertz CT molecular complexity index is 398. The molecule has 0 spiro atoms. The summed E-state index contributed by atoms with van der Waals surface area (Å²) in [5.74, 6) is -1.78. The van der Waals surface area contributed by atoms with Crippen LogP contribution in [0.3, 0.4) is 0 Å². The van der Waals surface area contributed by atoms with E-state index in [1.165, 1.54) is 21.3 Å². The Labute approximate surface area is 140 Å². The minimum absolute atomic E-state index is 0.0406. The van der Waals surface area contributed by atoms with E-state index in [1.54, 1.807) is 0 Å². The summed E-state index contributed by atoms with van der Waals surface area (Å²) in [6, 6.07) is 0. The molecule has 0 bridgehead atoms. The quantitative estimate of drug-likeness (QED) is 0.198. The van der Waals surface area contributed by atoms with Crippen molar-refractivity contribution in [1.29, 1.82) is 0 Å². The standard InChI is InChI=1S/C12H17IO7S/c1-17-6-9(14)20-5-8-7(13)4-12(21-8,10(15)18-2)11(16)19-3/h7-8H,4-6H2,1-3H3/t7-,8-/m0/s1. The zero-order valence-electron chi connectivity index (χ0n) is 11.9. The van der Waals surface area contributed by atoms with E-state index in [0.29, 0.717) is 0 Å². The number of carbonyl (C=O) groups excluding carboxylic acids is 3. The Balaban J connectivity index is 2.77. The third kappa shape index (κ3) is 4.22. The van der Waals surface area contributed by atoms with Crippen LogP contribution >= 0.6 is 34.4 Å². The minimum atomic E-state index is -1.40. The van der Waals surface area contributed by atoms with Crippen LogP contribution in [0.1, 0.15) is 6.42 Å². The first-order chi connectivity index (χ1) is 9.91. The van der Waals surface area contributed by atoms with Crippen LogP contribution in [0.5, 0.6) is 0 Å². The molecule has 0 amide bonds. The van der Waals surface area contributed by atoms with Crippen molar-refractivity contribution in [2.45, 2.75) is 20.3 Å². The average molecular weight is 432 g/mol. The summed E-state index contributed by atoms with van der Waals surface area (Å²) in [4.78, 5) is 35.3. The lowest BCUT2D eigenvalue weighted by Gasteiger charge is -2.22. The second kappa shape index (κ2) is 8.18. The molecule has 2 atom stereocenters. The molecule has 1 heterocycles. The number of hydrogen-bond donors (Lipinski definition) is 0. The second-order valence-corrected chi connectivity index (χ2v) is 7.44. The maximum absolute atomic E-state index is 12.0. The van der Waals surface area contributed by atoms with Crippen molar-refractivity contribution in [3.05, 3.63) is 0 Å². The van der Waals surface area contributed by atoms with Gasteiger partial charge >= 0.3 is 17.9 Å². The highest BCUT2D eigenvalue weighted by atomic mass is 127. The predicted octanol–water partition coefficient (Wildman–Crippen LogP) is 0.570. The minimum Gasteiger partial charge on any atom is -0.468 e. The van der Waals surface area contributed by atoms with Gasteiger partial charge in [0.1, 0.15) is 13.2 Å². The van der Waals surface area contributed by atoms with E-state index in [2.05, 4.69) is 27.3 Å². The van der Waals surface area contributed by atoms with Crippen molar-refractivity contribution in [3.63, 3.8) is 0 Å². The molecule has 1 saturated heterocycles. The molecule has 0 radical (unpaired) electrons. The van der Waals surface area contributed by atoms with E-state index in [-0.39, 0.29) is 28.8 Å². The molecular weight excluding hydrogens is 415 g/mol. The summed E-state index contributed by atoms with van der Waals surface area (Å²) in [6.45, 7) is -0.0430. The SMILES string of the molecule is COCC(=O)OC[C@@H]1SC(C(=O)OC)(C(=O)OC)C[C@@H]1I. The molecule has 0 N–H and O–H groups in total. The lowest BCUT2D eigenvalue weighted by molar-refractivity contribution is -0.156. The van der Waals surface area contributed by atoms with Crippen LogP contribution in [-0.4, -0.2) is 66.4 Å². The molecule has 120 valence electrons. The summed E-state index contributed by atoms with van der Waals surface area (Å²) in [6.07, 6.45) is 0.268. The van der Waals surface area contributed by atoms with Gasteiger partial charge in [0, 0.05) is 11.0 Å². The van der Waals surface area contributed by atoms with Gasteiger partial charge < -0.3 is 18.9 Å². The van der Waals surface area contributed by atoms with Gasteiger partial charge in [-0.2, -0.15) is 0 Å². The lowest BCUT2D eigenvalue weighted by Crippen LogP contribution is -2.43. The highest BCUT2D eigenvalue weighted by molar-refractivity contribution is 14.1. The van der Waals surface area contributed by atoms with Gasteiger partial charge in [-0.1, -0.05) is 22.6 Å². The van der Waals surface area contributed by atoms with Crippen LogP contribution in [0.15, 0.2) is 0 Å². The normalized spacial score (nSPS) is 23.4. The first-order valence-corrected chi connectivity index (χ1v) is 8.17. The molecule has 9 heteroatoms. The van der Waals surface area contributed by atoms with Crippen LogP contribution in [-0.2, 0) is 33.3 Å². The topological polar surface area (TPSA) is 88.1 Å². The average Bonchev–Trinajstić information content (AvgIpc) is 2.82. The monoisotopic (exact) mass is 432 g/mol. The van der Waals surface area contributed by atoms with Gasteiger partial charge in [-0.3, -0.25) is 0 Å². The summed E-state index contributed by atoms with van der Waals surface area (Å²) in [5.41, 5.74) is 0. The third-order valence-corrected chi connectivity index (χ3v) is 6.41. The lowest BCUT2D eigenvalue weighted by atomic mass is 10.0. The Morgan fingerprint density at radius 2 is 1.76 bits per heavy atom. The largest absolute Gasteiger partial charge is 0.468 e. The van der Waals surface area contributed by atoms with Crippen LogP contribution in [0, 0.1) is 0 Å². The summed E-state index contributed by atoms with van der Waals surface area (Å²) >= 11 is 3.24. The fraction of sp³-hybridized carbons (Fsp3) is 0.750. The molecule has 7 nitrogen and oxygen atoms in total. The highest BCUT2D eigenvalue weighted by Gasteiger charge is 2.58. The van der Waals surface area contributed by atoms with Gasteiger partial charge in [-0.25, -0.2) is 14.4 Å². The molecule has 1 fully saturated rings. The van der Waals surface area contributed by atoms with Gasteiger partial charge in [0.25, 0.3) is 0 Å². The fourth-order valence-corrected chi connectivity index (χ4v) is 5.07. The van der Waals surface area contributed by atoms with E-state index in [1.807, 2.05) is 0 Å². The maximum atomic E-state index is 12.0. The molecule has 0 aromatic rings. The number of halogens is 1. The van der Waals surface area contributed by atoms with Gasteiger partial charge in [0.15, 0.2) is 0 Å². The van der Waals surface area contributed by atoms with Crippen LogP contribution in [0.25, 0.3) is 0 Å². The molecule has 0 aromatic carbocycles. The van der Waals surface area contributed by atoms with Crippen molar-refractivity contribution in [1.82, 2.24) is 0 Å². The Morgan fingerprint density at radius 3 is 2.24 bits per heavy atom. The van der Waals surface area contributed by atoms with Gasteiger partial charge in [0.05, 0.1) is 19.5 Å². The number of methoxy groups -OCH3 is 3. The molecule has 0 aliphatic carbocycles. The molecule has 1 aliphatic rings. The first kappa shape index (κ1) is 18.5. The second-order valence-electron chi connectivity index (χ2n) is 4.30. The number of rotatable bonds is 6. The number of hydrogen-bond acceptors (Lipinski definition) is 8. The molecule has 0 aromatic heterocycles. The molecule has 21 heavy (non-hydrogen) atoms. The number of alkyl halides is 1. The summed E-state index contributed by atoms with van der Waals surface area (Å²) < 4.78 is 17.8. The fourth-order valence-electron chi connectivity index (χ4n) is 1.94. The van der Waals surface area contributed by atoms with E-state index in [4.69, 9.17) is 14.2 Å².